The number of unbranched alkanes of at least 4 members (excludes halogenated alkanes) is 3. The van der Waals surface area contributed by atoms with Gasteiger partial charge in [0, 0.05) is 12.0 Å². The summed E-state index contributed by atoms with van der Waals surface area (Å²) in [7, 11) is 1.65. The van der Waals surface area contributed by atoms with E-state index in [1.54, 1.807) is 19.2 Å². The normalized spacial score (nSPS) is 11.1. The predicted octanol–water partition coefficient (Wildman–Crippen LogP) is 5.85. The molecule has 38 heavy (non-hydrogen) atoms. The second-order valence-corrected chi connectivity index (χ2v) is 9.12. The predicted molar refractivity (Wildman–Crippen MR) is 144 cm³/mol. The summed E-state index contributed by atoms with van der Waals surface area (Å²) in [6.07, 6.45) is 4.91. The maximum atomic E-state index is 13.1. The van der Waals surface area contributed by atoms with Crippen molar-refractivity contribution in [2.24, 2.45) is 0 Å². The topological polar surface area (TPSA) is 123 Å². The number of benzene rings is 3. The number of fused-ring (bicyclic) bond motifs is 2. The fourth-order valence-corrected chi connectivity index (χ4v) is 4.45. The minimum absolute atomic E-state index is 0.0146. The van der Waals surface area contributed by atoms with Crippen molar-refractivity contribution < 1.29 is 33.7 Å². The Balaban J connectivity index is 1.45. The molecule has 1 aromatic heterocycles. The number of aromatic carboxylic acids is 1. The molecule has 4 rings (SSSR count). The van der Waals surface area contributed by atoms with Gasteiger partial charge in [0.05, 0.1) is 30.1 Å². The smallest absolute Gasteiger partial charge is 0.335 e. The molecule has 0 fully saturated rings. The number of carboxylic acids is 2. The van der Waals surface area contributed by atoms with Gasteiger partial charge >= 0.3 is 11.9 Å². The van der Waals surface area contributed by atoms with Crippen molar-refractivity contribution in [3.63, 3.8) is 0 Å². The maximum absolute atomic E-state index is 13.1. The molecule has 0 atom stereocenters. The van der Waals surface area contributed by atoms with Crippen LogP contribution in [0.2, 0.25) is 0 Å². The number of hydrogen-bond donors (Lipinski definition) is 2. The molecule has 198 valence electrons. The van der Waals surface area contributed by atoms with E-state index in [1.165, 1.54) is 23.8 Å². The number of hydrogen-bond acceptors (Lipinski definition) is 6. The summed E-state index contributed by atoms with van der Waals surface area (Å²) >= 11 is 0. The quantitative estimate of drug-likeness (QED) is 0.167. The lowest BCUT2D eigenvalue weighted by Gasteiger charge is -2.14. The second kappa shape index (κ2) is 12.3. The lowest BCUT2D eigenvalue weighted by atomic mass is 10.0. The Morgan fingerprint density at radius 3 is 2.34 bits per heavy atom. The third-order valence-corrected chi connectivity index (χ3v) is 6.51. The summed E-state index contributed by atoms with van der Waals surface area (Å²) in [6.45, 7) is 0.452. The average Bonchev–Trinajstić information content (AvgIpc) is 2.91. The van der Waals surface area contributed by atoms with E-state index in [0.717, 1.165) is 37.9 Å². The van der Waals surface area contributed by atoms with Crippen LogP contribution in [0.4, 0.5) is 0 Å². The molecular formula is C30H30O8. The van der Waals surface area contributed by atoms with Crippen LogP contribution in [0.1, 0.15) is 53.6 Å². The molecule has 0 aliphatic carbocycles. The van der Waals surface area contributed by atoms with Gasteiger partial charge in [0.1, 0.15) is 22.7 Å². The van der Waals surface area contributed by atoms with Gasteiger partial charge in [-0.1, -0.05) is 25.0 Å². The Morgan fingerprint density at radius 1 is 0.868 bits per heavy atom. The molecule has 0 spiro atoms. The van der Waals surface area contributed by atoms with Crippen LogP contribution < -0.4 is 14.9 Å². The van der Waals surface area contributed by atoms with Crippen molar-refractivity contribution in [2.75, 3.05) is 13.7 Å². The summed E-state index contributed by atoms with van der Waals surface area (Å²) in [5, 5.41) is 18.9. The summed E-state index contributed by atoms with van der Waals surface area (Å²) in [5.74, 6) is -0.777. The lowest BCUT2D eigenvalue weighted by Crippen LogP contribution is -2.08. The molecule has 0 aliphatic rings. The van der Waals surface area contributed by atoms with Crippen LogP contribution in [0.3, 0.4) is 0 Å². The third-order valence-electron chi connectivity index (χ3n) is 6.51. The highest BCUT2D eigenvalue weighted by Crippen LogP contribution is 2.31. The summed E-state index contributed by atoms with van der Waals surface area (Å²) in [4.78, 5) is 35.8. The molecule has 0 bridgehead atoms. The van der Waals surface area contributed by atoms with Crippen molar-refractivity contribution in [1.29, 1.82) is 0 Å². The molecule has 0 saturated carbocycles. The molecule has 3 aromatic carbocycles. The zero-order chi connectivity index (χ0) is 27.1. The molecule has 0 amide bonds. The van der Waals surface area contributed by atoms with E-state index in [1.807, 2.05) is 12.1 Å². The van der Waals surface area contributed by atoms with Crippen molar-refractivity contribution in [3.05, 3.63) is 81.5 Å². The Bertz CT molecular complexity index is 1500. The van der Waals surface area contributed by atoms with Gasteiger partial charge in [-0.3, -0.25) is 9.59 Å². The minimum Gasteiger partial charge on any atom is -0.497 e. The highest BCUT2D eigenvalue weighted by atomic mass is 16.5. The Hall–Kier alpha value is -4.33. The first-order valence-electron chi connectivity index (χ1n) is 12.6. The van der Waals surface area contributed by atoms with Gasteiger partial charge < -0.3 is 24.1 Å². The van der Waals surface area contributed by atoms with Gasteiger partial charge in [0.15, 0.2) is 0 Å². The van der Waals surface area contributed by atoms with Gasteiger partial charge in [-0.2, -0.15) is 0 Å². The maximum Gasteiger partial charge on any atom is 0.335 e. The number of rotatable bonds is 13. The summed E-state index contributed by atoms with van der Waals surface area (Å²) < 4.78 is 17.2. The summed E-state index contributed by atoms with van der Waals surface area (Å²) in [5.41, 5.74) is 1.91. The highest BCUT2D eigenvalue weighted by molar-refractivity contribution is 5.97. The minimum atomic E-state index is -1.14. The highest BCUT2D eigenvalue weighted by Gasteiger charge is 2.18. The van der Waals surface area contributed by atoms with Gasteiger partial charge in [0.25, 0.3) is 0 Å². The zero-order valence-electron chi connectivity index (χ0n) is 21.2. The molecule has 0 unspecified atom stereocenters. The number of methoxy groups -OCH3 is 1. The Kier molecular flexibility index (Phi) is 8.63. The molecule has 1 heterocycles. The molecule has 4 aromatic rings. The van der Waals surface area contributed by atoms with E-state index < -0.39 is 11.9 Å². The van der Waals surface area contributed by atoms with Gasteiger partial charge in [0.2, 0.25) is 5.43 Å². The van der Waals surface area contributed by atoms with Crippen LogP contribution in [0.25, 0.3) is 21.9 Å². The van der Waals surface area contributed by atoms with Crippen LogP contribution >= 0.6 is 0 Å². The first-order chi connectivity index (χ1) is 18.4. The molecule has 8 nitrogen and oxygen atoms in total. The fourth-order valence-electron chi connectivity index (χ4n) is 4.45. The van der Waals surface area contributed by atoms with Crippen LogP contribution in [0.5, 0.6) is 11.5 Å². The molecule has 0 radical (unpaired) electrons. The van der Waals surface area contributed by atoms with Crippen molar-refractivity contribution >= 4 is 33.9 Å². The van der Waals surface area contributed by atoms with Crippen molar-refractivity contribution in [2.45, 2.75) is 44.9 Å². The van der Waals surface area contributed by atoms with Crippen LogP contribution in [0, 0.1) is 0 Å². The Labute approximate surface area is 219 Å². The second-order valence-electron chi connectivity index (χ2n) is 9.12. The first kappa shape index (κ1) is 26.7. The molecule has 0 aliphatic heterocycles. The monoisotopic (exact) mass is 518 g/mol. The summed E-state index contributed by atoms with van der Waals surface area (Å²) in [6, 6.07) is 15.4. The zero-order valence-corrected chi connectivity index (χ0v) is 21.2. The number of aryl methyl sites for hydroxylation is 2. The Morgan fingerprint density at radius 2 is 1.63 bits per heavy atom. The molecular weight excluding hydrogens is 488 g/mol. The standard InChI is InChI=1S/C30H30O8/c1-36-21-10-7-19(8-11-21)6-4-2-3-5-17-37-25-15-12-23-28(33)24-18-20(30(34)35)9-14-26(24)38-29(23)22(25)13-16-27(31)32/h7-12,14-15,18H,2-6,13,16-17H2,1H3,(H,31,32)(H,34,35). The number of ether oxygens (including phenoxy) is 2. The van der Waals surface area contributed by atoms with Gasteiger partial charge in [-0.15, -0.1) is 0 Å². The van der Waals surface area contributed by atoms with Crippen LogP contribution in [-0.2, 0) is 17.6 Å². The molecule has 8 heteroatoms. The average molecular weight is 519 g/mol. The van der Waals surface area contributed by atoms with E-state index >= 15 is 0 Å². The number of carboxylic acid groups (broad SMARTS) is 2. The van der Waals surface area contributed by atoms with E-state index in [-0.39, 0.29) is 45.8 Å². The van der Waals surface area contributed by atoms with Crippen LogP contribution in [-0.4, -0.2) is 35.9 Å². The number of carbonyl (C=O) groups is 2. The third kappa shape index (κ3) is 6.32. The van der Waals surface area contributed by atoms with E-state index in [4.69, 9.17) is 13.9 Å². The lowest BCUT2D eigenvalue weighted by molar-refractivity contribution is -0.136. The van der Waals surface area contributed by atoms with E-state index in [0.29, 0.717) is 17.9 Å². The number of aliphatic carboxylic acids is 1. The SMILES string of the molecule is COc1ccc(CCCCCCOc2ccc3c(=O)c4cc(C(=O)O)ccc4oc3c2CCC(=O)O)cc1. The molecule has 2 N–H and O–H groups in total. The van der Waals surface area contributed by atoms with Crippen LogP contribution in [0.15, 0.2) is 63.8 Å². The van der Waals surface area contributed by atoms with E-state index in [2.05, 4.69) is 12.1 Å². The molecule has 0 saturated heterocycles. The van der Waals surface area contributed by atoms with Gasteiger partial charge in [-0.05, 0) is 73.7 Å². The van der Waals surface area contributed by atoms with Gasteiger partial charge in [-0.25, -0.2) is 4.79 Å². The van der Waals surface area contributed by atoms with E-state index in [9.17, 15) is 24.6 Å². The largest absolute Gasteiger partial charge is 0.497 e. The van der Waals surface area contributed by atoms with Crippen molar-refractivity contribution in [3.8, 4) is 11.5 Å². The fraction of sp³-hybridized carbons (Fsp3) is 0.300. The first-order valence-corrected chi connectivity index (χ1v) is 12.6. The van der Waals surface area contributed by atoms with Crippen molar-refractivity contribution in [1.82, 2.24) is 0 Å².